The molecule has 0 saturated heterocycles. The van der Waals surface area contributed by atoms with Crippen molar-refractivity contribution in [3.8, 4) is 0 Å². The van der Waals surface area contributed by atoms with Crippen molar-refractivity contribution in [2.45, 2.75) is 13.3 Å². The van der Waals surface area contributed by atoms with E-state index in [1.165, 1.54) is 11.3 Å². The van der Waals surface area contributed by atoms with Crippen LogP contribution in [-0.2, 0) is 4.79 Å². The number of nitrogens with one attached hydrogen (secondary N) is 1. The van der Waals surface area contributed by atoms with Gasteiger partial charge in [0.1, 0.15) is 0 Å². The lowest BCUT2D eigenvalue weighted by Crippen LogP contribution is -2.12. The molecule has 4 nitrogen and oxygen atoms in total. The van der Waals surface area contributed by atoms with E-state index in [1.807, 2.05) is 6.92 Å². The van der Waals surface area contributed by atoms with Crippen molar-refractivity contribution in [3.63, 3.8) is 0 Å². The molecule has 0 aliphatic rings. The van der Waals surface area contributed by atoms with Gasteiger partial charge in [0.2, 0.25) is 5.91 Å². The first kappa shape index (κ1) is 12.1. The van der Waals surface area contributed by atoms with Gasteiger partial charge < -0.3 is 11.1 Å². The molecule has 0 aromatic carbocycles. The van der Waals surface area contributed by atoms with E-state index in [9.17, 15) is 9.59 Å². The molecule has 0 radical (unpaired) electrons. The molecule has 3 N–H and O–H groups in total. The monoisotopic (exact) mass is 244 g/mol. The standard InChI is InChI=1S/C9H12N2O2S2/c1-5-6(11-8(12)2-3-14)4-7(15-5)9(10)13/h4,14H,2-3H2,1H3,(H2,10,13)(H,11,12). The van der Waals surface area contributed by atoms with Crippen molar-refractivity contribution in [3.05, 3.63) is 15.8 Å². The molecule has 1 heterocycles. The molecule has 0 saturated carbocycles. The second-order valence-corrected chi connectivity index (χ2v) is 4.67. The van der Waals surface area contributed by atoms with Crippen molar-refractivity contribution >= 4 is 41.5 Å². The summed E-state index contributed by atoms with van der Waals surface area (Å²) in [5.41, 5.74) is 5.79. The van der Waals surface area contributed by atoms with Crippen molar-refractivity contribution in [2.24, 2.45) is 5.73 Å². The Labute approximate surface area is 97.3 Å². The van der Waals surface area contributed by atoms with Crippen LogP contribution in [0.4, 0.5) is 5.69 Å². The second-order valence-electron chi connectivity index (χ2n) is 2.97. The number of thiol groups is 1. The molecule has 1 aromatic rings. The minimum Gasteiger partial charge on any atom is -0.365 e. The molecule has 1 aromatic heterocycles. The maximum Gasteiger partial charge on any atom is 0.258 e. The zero-order valence-corrected chi connectivity index (χ0v) is 9.95. The van der Waals surface area contributed by atoms with Crippen LogP contribution in [0.1, 0.15) is 21.0 Å². The van der Waals surface area contributed by atoms with Crippen molar-refractivity contribution in [1.29, 1.82) is 0 Å². The Morgan fingerprint density at radius 1 is 1.60 bits per heavy atom. The van der Waals surface area contributed by atoms with E-state index in [0.717, 1.165) is 4.88 Å². The van der Waals surface area contributed by atoms with Gasteiger partial charge in [0.05, 0.1) is 10.6 Å². The van der Waals surface area contributed by atoms with Crippen LogP contribution in [0.25, 0.3) is 0 Å². The number of rotatable bonds is 4. The predicted octanol–water partition coefficient (Wildman–Crippen LogP) is 1.41. The van der Waals surface area contributed by atoms with Gasteiger partial charge in [-0.25, -0.2) is 0 Å². The Bertz CT molecular complexity index is 387. The largest absolute Gasteiger partial charge is 0.365 e. The molecule has 0 atom stereocenters. The number of carbonyl (C=O) groups excluding carboxylic acids is 2. The van der Waals surface area contributed by atoms with Crippen LogP contribution in [0.15, 0.2) is 6.07 Å². The lowest BCUT2D eigenvalue weighted by Gasteiger charge is -2.01. The highest BCUT2D eigenvalue weighted by Crippen LogP contribution is 2.25. The van der Waals surface area contributed by atoms with Gasteiger partial charge in [-0.2, -0.15) is 12.6 Å². The molecule has 1 rings (SSSR count). The molecule has 2 amide bonds. The summed E-state index contributed by atoms with van der Waals surface area (Å²) < 4.78 is 0. The van der Waals surface area contributed by atoms with Gasteiger partial charge in [-0.15, -0.1) is 11.3 Å². The zero-order valence-electron chi connectivity index (χ0n) is 8.24. The maximum atomic E-state index is 11.3. The number of anilines is 1. The van der Waals surface area contributed by atoms with Gasteiger partial charge in [0.15, 0.2) is 0 Å². The van der Waals surface area contributed by atoms with E-state index < -0.39 is 5.91 Å². The summed E-state index contributed by atoms with van der Waals surface area (Å²) in [5.74, 6) is -0.0859. The zero-order chi connectivity index (χ0) is 11.4. The van der Waals surface area contributed by atoms with Crippen molar-refractivity contribution < 1.29 is 9.59 Å². The molecule has 0 spiro atoms. The topological polar surface area (TPSA) is 72.2 Å². The van der Waals surface area contributed by atoms with Crippen molar-refractivity contribution in [1.82, 2.24) is 0 Å². The fraction of sp³-hybridized carbons (Fsp3) is 0.333. The molecular weight excluding hydrogens is 232 g/mol. The third-order valence-electron chi connectivity index (χ3n) is 1.77. The van der Waals surface area contributed by atoms with Gasteiger partial charge in [-0.3, -0.25) is 9.59 Å². The van der Waals surface area contributed by atoms with Crippen LogP contribution in [-0.4, -0.2) is 17.6 Å². The summed E-state index contributed by atoms with van der Waals surface area (Å²) in [6, 6.07) is 1.60. The van der Waals surface area contributed by atoms with E-state index in [0.29, 0.717) is 22.7 Å². The van der Waals surface area contributed by atoms with Crippen LogP contribution in [0.3, 0.4) is 0 Å². The fourth-order valence-corrected chi connectivity index (χ4v) is 2.07. The molecular formula is C9H12N2O2S2. The van der Waals surface area contributed by atoms with E-state index in [2.05, 4.69) is 17.9 Å². The molecule has 82 valence electrons. The van der Waals surface area contributed by atoms with Gasteiger partial charge in [0, 0.05) is 11.3 Å². The van der Waals surface area contributed by atoms with E-state index in [-0.39, 0.29) is 5.91 Å². The number of carbonyl (C=O) groups is 2. The summed E-state index contributed by atoms with van der Waals surface area (Å²) in [4.78, 5) is 23.5. The number of aryl methyl sites for hydroxylation is 1. The molecule has 0 aliphatic heterocycles. The maximum absolute atomic E-state index is 11.3. The van der Waals surface area contributed by atoms with Crippen LogP contribution in [0.5, 0.6) is 0 Å². The number of nitrogens with two attached hydrogens (primary N) is 1. The Hall–Kier alpha value is -1.01. The molecule has 0 fully saturated rings. The lowest BCUT2D eigenvalue weighted by molar-refractivity contribution is -0.115. The average molecular weight is 244 g/mol. The highest BCUT2D eigenvalue weighted by molar-refractivity contribution is 7.80. The number of thiophene rings is 1. The number of hydrogen-bond acceptors (Lipinski definition) is 4. The first-order chi connectivity index (χ1) is 7.04. The smallest absolute Gasteiger partial charge is 0.258 e. The normalized spacial score (nSPS) is 10.0. The molecule has 0 aliphatic carbocycles. The highest BCUT2D eigenvalue weighted by Gasteiger charge is 2.11. The first-order valence-corrected chi connectivity index (χ1v) is 5.80. The summed E-state index contributed by atoms with van der Waals surface area (Å²) >= 11 is 5.23. The molecule has 0 bridgehead atoms. The minimum atomic E-state index is -0.474. The molecule has 15 heavy (non-hydrogen) atoms. The van der Waals surface area contributed by atoms with Crippen molar-refractivity contribution in [2.75, 3.05) is 11.1 Å². The molecule has 0 unspecified atom stereocenters. The third kappa shape index (κ3) is 3.24. The van der Waals surface area contributed by atoms with E-state index in [4.69, 9.17) is 5.73 Å². The fourth-order valence-electron chi connectivity index (χ4n) is 1.04. The number of primary amides is 1. The Balaban J connectivity index is 2.77. The first-order valence-electron chi connectivity index (χ1n) is 4.35. The van der Waals surface area contributed by atoms with Crippen LogP contribution in [0, 0.1) is 6.92 Å². The second kappa shape index (κ2) is 5.18. The summed E-state index contributed by atoms with van der Waals surface area (Å²) in [6.45, 7) is 1.83. The van der Waals surface area contributed by atoms with Gasteiger partial charge in [0.25, 0.3) is 5.91 Å². The van der Waals surface area contributed by atoms with Gasteiger partial charge in [-0.1, -0.05) is 0 Å². The quantitative estimate of drug-likeness (QED) is 0.701. The number of amides is 2. The molecule has 6 heteroatoms. The van der Waals surface area contributed by atoms with Gasteiger partial charge >= 0.3 is 0 Å². The number of hydrogen-bond donors (Lipinski definition) is 3. The van der Waals surface area contributed by atoms with Crippen LogP contribution < -0.4 is 11.1 Å². The van der Waals surface area contributed by atoms with E-state index >= 15 is 0 Å². The van der Waals surface area contributed by atoms with E-state index in [1.54, 1.807) is 6.07 Å². The average Bonchev–Trinajstić information content (AvgIpc) is 2.48. The summed E-state index contributed by atoms with van der Waals surface area (Å²) in [6.07, 6.45) is 0.351. The summed E-state index contributed by atoms with van der Waals surface area (Å²) in [5, 5.41) is 2.70. The predicted molar refractivity (Wildman–Crippen MR) is 64.7 cm³/mol. The minimum absolute atomic E-state index is 0.109. The highest BCUT2D eigenvalue weighted by atomic mass is 32.1. The lowest BCUT2D eigenvalue weighted by atomic mass is 10.3. The third-order valence-corrected chi connectivity index (χ3v) is 3.06. The van der Waals surface area contributed by atoms with Crippen LogP contribution in [0.2, 0.25) is 0 Å². The summed E-state index contributed by atoms with van der Waals surface area (Å²) in [7, 11) is 0. The van der Waals surface area contributed by atoms with Crippen LogP contribution >= 0.6 is 24.0 Å². The SMILES string of the molecule is Cc1sc(C(N)=O)cc1NC(=O)CCS. The Morgan fingerprint density at radius 3 is 2.73 bits per heavy atom. The Morgan fingerprint density at radius 2 is 2.27 bits per heavy atom. The van der Waals surface area contributed by atoms with Gasteiger partial charge in [-0.05, 0) is 18.7 Å². The Kier molecular flexibility index (Phi) is 4.16.